The number of halogens is 3. The van der Waals surface area contributed by atoms with Crippen LogP contribution in [0.1, 0.15) is 28.8 Å². The van der Waals surface area contributed by atoms with Crippen molar-refractivity contribution in [1.82, 2.24) is 4.90 Å². The maximum absolute atomic E-state index is 13.1. The number of fused-ring (bicyclic) bond motifs is 1. The number of nitrogens with zero attached hydrogens (tertiary/aromatic N) is 2. The number of anilines is 1. The molecule has 1 fully saturated rings. The van der Waals surface area contributed by atoms with Gasteiger partial charge in [-0.3, -0.25) is 9.59 Å². The molecule has 1 N–H and O–H groups in total. The number of rotatable bonds is 5. The molecule has 2 amide bonds. The number of ether oxygens (including phenoxy) is 1. The van der Waals surface area contributed by atoms with E-state index in [-0.39, 0.29) is 29.0 Å². The van der Waals surface area contributed by atoms with Crippen LogP contribution in [0.2, 0.25) is 0 Å². The van der Waals surface area contributed by atoms with Crippen molar-refractivity contribution < 1.29 is 27.5 Å². The van der Waals surface area contributed by atoms with Gasteiger partial charge in [-0.25, -0.2) is 0 Å². The molecule has 0 saturated carbocycles. The summed E-state index contributed by atoms with van der Waals surface area (Å²) >= 11 is 0. The first-order chi connectivity index (χ1) is 16.7. The van der Waals surface area contributed by atoms with Crippen molar-refractivity contribution in [2.24, 2.45) is 5.92 Å². The molecule has 3 aromatic rings. The number of amides is 2. The van der Waals surface area contributed by atoms with E-state index in [1.165, 1.54) is 18.2 Å². The summed E-state index contributed by atoms with van der Waals surface area (Å²) in [5.74, 6) is -0.884. The number of piperidine rings is 1. The van der Waals surface area contributed by atoms with Crippen LogP contribution in [-0.2, 0) is 4.79 Å². The second-order valence-corrected chi connectivity index (χ2v) is 8.31. The predicted octanol–water partition coefficient (Wildman–Crippen LogP) is 5.14. The summed E-state index contributed by atoms with van der Waals surface area (Å²) in [6.07, 6.45) is -3.58. The third-order valence-corrected chi connectivity index (χ3v) is 5.93. The molecular weight excluding hydrogens is 459 g/mol. The molecule has 0 aromatic heterocycles. The topological polar surface area (TPSA) is 82.4 Å². The van der Waals surface area contributed by atoms with Gasteiger partial charge in [-0.15, -0.1) is 0 Å². The van der Waals surface area contributed by atoms with Gasteiger partial charge in [0, 0.05) is 30.3 Å². The fourth-order valence-corrected chi connectivity index (χ4v) is 4.15. The van der Waals surface area contributed by atoms with Crippen LogP contribution in [0.4, 0.5) is 18.9 Å². The van der Waals surface area contributed by atoms with Crippen molar-refractivity contribution in [3.05, 3.63) is 71.8 Å². The standard InChI is InChI=1S/C26H22F3N3O3/c27-26(28,29)16-35-23-9-8-20(14-19(23)15-30)31-24(33)18-10-12-32(13-11-18)25(34)22-7-3-5-17-4-1-2-6-21(17)22/h1-9,14,18H,10-13,16H2,(H,31,33). The second-order valence-electron chi connectivity index (χ2n) is 8.31. The average molecular weight is 481 g/mol. The molecule has 1 saturated heterocycles. The first kappa shape index (κ1) is 24.1. The summed E-state index contributed by atoms with van der Waals surface area (Å²) in [6, 6.07) is 19.0. The normalized spacial score (nSPS) is 14.4. The number of carbonyl (C=O) groups is 2. The molecule has 0 unspecified atom stereocenters. The van der Waals surface area contributed by atoms with Gasteiger partial charge in [0.1, 0.15) is 11.8 Å². The van der Waals surface area contributed by atoms with Crippen LogP contribution in [0, 0.1) is 17.2 Å². The Balaban J connectivity index is 1.36. The predicted molar refractivity (Wildman–Crippen MR) is 124 cm³/mol. The SMILES string of the molecule is N#Cc1cc(NC(=O)C2CCN(C(=O)c3cccc4ccccc34)CC2)ccc1OCC(F)(F)F. The minimum atomic E-state index is -4.52. The summed E-state index contributed by atoms with van der Waals surface area (Å²) in [4.78, 5) is 27.6. The Morgan fingerprint density at radius 3 is 2.49 bits per heavy atom. The summed E-state index contributed by atoms with van der Waals surface area (Å²) < 4.78 is 41.8. The quantitative estimate of drug-likeness (QED) is 0.547. The highest BCUT2D eigenvalue weighted by Crippen LogP contribution is 2.27. The fourth-order valence-electron chi connectivity index (χ4n) is 4.15. The van der Waals surface area contributed by atoms with Crippen molar-refractivity contribution in [1.29, 1.82) is 5.26 Å². The molecule has 9 heteroatoms. The van der Waals surface area contributed by atoms with Gasteiger partial charge in [0.05, 0.1) is 5.56 Å². The average Bonchev–Trinajstić information content (AvgIpc) is 2.86. The Hall–Kier alpha value is -4.06. The Labute approximate surface area is 199 Å². The molecule has 1 heterocycles. The van der Waals surface area contributed by atoms with Gasteiger partial charge in [0.25, 0.3) is 5.91 Å². The molecule has 0 bridgehead atoms. The number of nitriles is 1. The zero-order valence-electron chi connectivity index (χ0n) is 18.6. The van der Waals surface area contributed by atoms with E-state index in [4.69, 9.17) is 0 Å². The number of likely N-dealkylation sites (tertiary alicyclic amines) is 1. The molecule has 0 spiro atoms. The maximum Gasteiger partial charge on any atom is 0.422 e. The molecule has 0 aliphatic carbocycles. The highest BCUT2D eigenvalue weighted by molar-refractivity contribution is 6.07. The Bertz CT molecular complexity index is 1290. The van der Waals surface area contributed by atoms with E-state index in [2.05, 4.69) is 10.1 Å². The fraction of sp³-hybridized carbons (Fsp3) is 0.269. The number of hydrogen-bond acceptors (Lipinski definition) is 4. The van der Waals surface area contributed by atoms with Gasteiger partial charge in [-0.2, -0.15) is 18.4 Å². The van der Waals surface area contributed by atoms with Gasteiger partial charge in [-0.1, -0.05) is 36.4 Å². The zero-order chi connectivity index (χ0) is 25.0. The van der Waals surface area contributed by atoms with E-state index in [1.54, 1.807) is 17.0 Å². The van der Waals surface area contributed by atoms with Crippen molar-refractivity contribution >= 4 is 28.3 Å². The Kier molecular flexibility index (Phi) is 6.92. The van der Waals surface area contributed by atoms with Gasteiger partial charge in [0.2, 0.25) is 5.91 Å². The highest BCUT2D eigenvalue weighted by Gasteiger charge is 2.30. The number of benzene rings is 3. The molecule has 6 nitrogen and oxygen atoms in total. The number of nitrogens with one attached hydrogen (secondary N) is 1. The lowest BCUT2D eigenvalue weighted by Crippen LogP contribution is -2.41. The van der Waals surface area contributed by atoms with Crippen LogP contribution in [0.5, 0.6) is 5.75 Å². The van der Waals surface area contributed by atoms with E-state index in [1.807, 2.05) is 36.4 Å². The van der Waals surface area contributed by atoms with Gasteiger partial charge in [0.15, 0.2) is 6.61 Å². The summed E-state index contributed by atoms with van der Waals surface area (Å²) in [6.45, 7) is -0.662. The van der Waals surface area contributed by atoms with Crippen LogP contribution in [0.15, 0.2) is 60.7 Å². The molecule has 4 rings (SSSR count). The molecule has 1 aliphatic heterocycles. The molecular formula is C26H22F3N3O3. The molecule has 1 aliphatic rings. The number of alkyl halides is 3. The van der Waals surface area contributed by atoms with Crippen LogP contribution < -0.4 is 10.1 Å². The van der Waals surface area contributed by atoms with E-state index < -0.39 is 12.8 Å². The van der Waals surface area contributed by atoms with Crippen molar-refractivity contribution in [2.75, 3.05) is 25.0 Å². The smallest absolute Gasteiger partial charge is 0.422 e. The largest absolute Gasteiger partial charge is 0.483 e. The van der Waals surface area contributed by atoms with Gasteiger partial charge < -0.3 is 15.0 Å². The lowest BCUT2D eigenvalue weighted by atomic mass is 9.94. The van der Waals surface area contributed by atoms with Crippen LogP contribution in [-0.4, -0.2) is 42.6 Å². The lowest BCUT2D eigenvalue weighted by molar-refractivity contribution is -0.153. The molecule has 180 valence electrons. The van der Waals surface area contributed by atoms with E-state index in [9.17, 15) is 28.0 Å². The van der Waals surface area contributed by atoms with Crippen LogP contribution >= 0.6 is 0 Å². The summed E-state index contributed by atoms with van der Waals surface area (Å²) in [5, 5.41) is 13.8. The second kappa shape index (κ2) is 10.1. The first-order valence-electron chi connectivity index (χ1n) is 11.1. The molecule has 0 atom stereocenters. The van der Waals surface area contributed by atoms with Crippen molar-refractivity contribution in [3.8, 4) is 11.8 Å². The Morgan fingerprint density at radius 1 is 1.06 bits per heavy atom. The number of carbonyl (C=O) groups excluding carboxylic acids is 2. The van der Waals surface area contributed by atoms with Gasteiger partial charge >= 0.3 is 6.18 Å². The molecule has 35 heavy (non-hydrogen) atoms. The van der Waals surface area contributed by atoms with Crippen LogP contribution in [0.25, 0.3) is 10.8 Å². The van der Waals surface area contributed by atoms with Crippen molar-refractivity contribution in [3.63, 3.8) is 0 Å². The van der Waals surface area contributed by atoms with Gasteiger partial charge in [-0.05, 0) is 47.9 Å². The first-order valence-corrected chi connectivity index (χ1v) is 11.1. The summed E-state index contributed by atoms with van der Waals surface area (Å²) in [5.41, 5.74) is 0.811. The Morgan fingerprint density at radius 2 is 1.77 bits per heavy atom. The van der Waals surface area contributed by atoms with E-state index in [0.29, 0.717) is 37.2 Å². The monoisotopic (exact) mass is 481 g/mol. The zero-order valence-corrected chi connectivity index (χ0v) is 18.6. The van der Waals surface area contributed by atoms with Crippen LogP contribution in [0.3, 0.4) is 0 Å². The minimum Gasteiger partial charge on any atom is -0.483 e. The molecule has 0 radical (unpaired) electrons. The van der Waals surface area contributed by atoms with Crippen molar-refractivity contribution in [2.45, 2.75) is 19.0 Å². The van der Waals surface area contributed by atoms with E-state index >= 15 is 0 Å². The summed E-state index contributed by atoms with van der Waals surface area (Å²) in [7, 11) is 0. The number of hydrogen-bond donors (Lipinski definition) is 1. The highest BCUT2D eigenvalue weighted by atomic mass is 19.4. The maximum atomic E-state index is 13.1. The molecule has 3 aromatic carbocycles. The lowest BCUT2D eigenvalue weighted by Gasteiger charge is -2.31. The third kappa shape index (κ3) is 5.72. The third-order valence-electron chi connectivity index (χ3n) is 5.93. The minimum absolute atomic E-state index is 0.0752. The van der Waals surface area contributed by atoms with E-state index in [0.717, 1.165) is 10.8 Å².